The van der Waals surface area contributed by atoms with Gasteiger partial charge in [0.25, 0.3) is 5.60 Å². The Bertz CT molecular complexity index is 881. The molecule has 0 amide bonds. The van der Waals surface area contributed by atoms with Gasteiger partial charge in [-0.05, 0) is 80.6 Å². The highest BCUT2D eigenvalue weighted by atomic mass is 19.4. The van der Waals surface area contributed by atoms with E-state index in [2.05, 4.69) is 22.6 Å². The second-order valence-corrected chi connectivity index (χ2v) is 10.9. The lowest BCUT2D eigenvalue weighted by molar-refractivity contribution is -0.356. The Morgan fingerprint density at radius 1 is 0.714 bits per heavy atom. The first-order valence-corrected chi connectivity index (χ1v) is 13.0. The Labute approximate surface area is 236 Å². The molecule has 0 heterocycles. The van der Waals surface area contributed by atoms with Crippen LogP contribution < -0.4 is 0 Å². The van der Waals surface area contributed by atoms with Crippen LogP contribution in [0.25, 0.3) is 0 Å². The number of aliphatic hydroxyl groups is 1. The van der Waals surface area contributed by atoms with Crippen LogP contribution in [0.3, 0.4) is 0 Å². The van der Waals surface area contributed by atoms with Crippen LogP contribution in [0.15, 0.2) is 37.3 Å². The lowest BCUT2D eigenvalue weighted by atomic mass is 9.68. The van der Waals surface area contributed by atoms with E-state index in [1.165, 1.54) is 12.5 Å². The van der Waals surface area contributed by atoms with Crippen LogP contribution in [-0.2, 0) is 9.47 Å². The molecule has 0 aromatic carbocycles. The molecule has 246 valence electrons. The first-order chi connectivity index (χ1) is 19.0. The maximum atomic E-state index is 12.9. The second-order valence-electron chi connectivity index (χ2n) is 10.9. The van der Waals surface area contributed by atoms with Crippen LogP contribution in [0.1, 0.15) is 51.9 Å². The van der Waals surface area contributed by atoms with Crippen LogP contribution in [0.5, 0.6) is 0 Å². The Hall–Kier alpha value is -2.06. The summed E-state index contributed by atoms with van der Waals surface area (Å²) in [6.07, 6.45) is -15.1. The third kappa shape index (κ3) is 7.71. The van der Waals surface area contributed by atoms with Crippen LogP contribution in [0, 0.1) is 35.0 Å². The Balaban J connectivity index is 0.000000336. The lowest BCUT2D eigenvalue weighted by Crippen LogP contribution is -2.59. The molecule has 1 N–H and O–H groups in total. The first-order valence-electron chi connectivity index (χ1n) is 13.0. The molecular formula is C27H36F12O3. The van der Waals surface area contributed by atoms with Gasteiger partial charge >= 0.3 is 24.7 Å². The van der Waals surface area contributed by atoms with E-state index in [4.69, 9.17) is 0 Å². The molecule has 4 aliphatic rings. The quantitative estimate of drug-likeness (QED) is 0.190. The van der Waals surface area contributed by atoms with Crippen molar-refractivity contribution in [2.75, 3.05) is 14.2 Å². The zero-order valence-corrected chi connectivity index (χ0v) is 23.3. The summed E-state index contributed by atoms with van der Waals surface area (Å²) in [7, 11) is 3.12. The van der Waals surface area contributed by atoms with Crippen molar-refractivity contribution in [3.05, 3.63) is 37.3 Å². The summed E-state index contributed by atoms with van der Waals surface area (Å²) >= 11 is 0. The highest BCUT2D eigenvalue weighted by molar-refractivity contribution is 5.32. The molecule has 0 saturated heterocycles. The number of rotatable bonds is 4. The number of hydrogen-bond acceptors (Lipinski definition) is 3. The minimum atomic E-state index is -5.73. The van der Waals surface area contributed by atoms with Gasteiger partial charge in [0.05, 0.1) is 26.7 Å². The van der Waals surface area contributed by atoms with E-state index in [1.54, 1.807) is 14.2 Å². The normalized spacial score (nSPS) is 27.0. The van der Waals surface area contributed by atoms with E-state index in [9.17, 15) is 57.8 Å². The maximum absolute atomic E-state index is 12.9. The van der Waals surface area contributed by atoms with Crippen molar-refractivity contribution in [2.24, 2.45) is 35.0 Å². The predicted molar refractivity (Wildman–Crippen MR) is 130 cm³/mol. The van der Waals surface area contributed by atoms with Crippen molar-refractivity contribution < 1.29 is 67.3 Å². The number of ether oxygens (including phenoxy) is 2. The topological polar surface area (TPSA) is 38.7 Å². The van der Waals surface area contributed by atoms with Crippen molar-refractivity contribution in [1.29, 1.82) is 0 Å². The minimum absolute atomic E-state index is 0.0639. The third-order valence-electron chi connectivity index (χ3n) is 8.56. The van der Waals surface area contributed by atoms with Gasteiger partial charge in [0.1, 0.15) is 0 Å². The highest BCUT2D eigenvalue weighted by Gasteiger charge is 2.74. The Morgan fingerprint density at radius 3 is 1.40 bits per heavy atom. The number of fused-ring (bicyclic) bond motifs is 4. The number of alkyl halides is 12. The summed E-state index contributed by atoms with van der Waals surface area (Å²) < 4.78 is 161. The van der Waals surface area contributed by atoms with E-state index < -0.39 is 59.0 Å². The smallest absolute Gasteiger partial charge is 0.430 e. The van der Waals surface area contributed by atoms with E-state index in [0.29, 0.717) is 26.2 Å². The molecule has 4 bridgehead atoms. The van der Waals surface area contributed by atoms with Gasteiger partial charge in [-0.1, -0.05) is 25.7 Å². The van der Waals surface area contributed by atoms with Crippen molar-refractivity contribution in [3.63, 3.8) is 0 Å². The summed E-state index contributed by atoms with van der Waals surface area (Å²) in [5, 5.41) is 9.19. The molecule has 42 heavy (non-hydrogen) atoms. The van der Waals surface area contributed by atoms with Gasteiger partial charge in [-0.15, -0.1) is 0 Å². The second kappa shape index (κ2) is 13.7. The fraction of sp³-hybridized carbons (Fsp3) is 0.778. The number of allylic oxidation sites excluding steroid dienone is 1. The maximum Gasteiger partial charge on any atom is 0.430 e. The average Bonchev–Trinajstić information content (AvgIpc) is 3.68. The van der Waals surface area contributed by atoms with Gasteiger partial charge in [0, 0.05) is 0 Å². The van der Waals surface area contributed by atoms with Gasteiger partial charge in [-0.25, -0.2) is 0 Å². The molecule has 0 aromatic rings. The zero-order valence-electron chi connectivity index (χ0n) is 23.3. The fourth-order valence-corrected chi connectivity index (χ4v) is 6.28. The largest absolute Gasteiger partial charge is 0.505 e. The molecule has 3 nitrogen and oxygen atoms in total. The van der Waals surface area contributed by atoms with Crippen molar-refractivity contribution in [3.8, 4) is 0 Å². The number of hydrogen-bond donors (Lipinski definition) is 1. The SMILES string of the molecule is C=COC.C=COC.CC(C1CC2CCC1C2)(C(F)(F)F)C(F)(F)F.OC(C1=CC2CCC1C2)(C(F)(F)F)C(F)(F)F. The van der Waals surface area contributed by atoms with Gasteiger partial charge < -0.3 is 14.6 Å². The van der Waals surface area contributed by atoms with Crippen LogP contribution in [0.4, 0.5) is 52.7 Å². The standard InChI is InChI=1S/C11H14F6.C10H10F6O.2C3H6O/c1-9(10(12,13)14,11(15,16)17)8-5-6-2-3-7(8)4-6;11-9(12,13)8(17,10(14,15)16)7-4-5-1-2-6(7)3-5;2*1-3-4-2/h6-8H,2-5H2,1H3;4-6,17H,1-3H2;2*3H,1H2,2H3. The molecule has 5 atom stereocenters. The molecule has 4 aliphatic carbocycles. The minimum Gasteiger partial charge on any atom is -0.505 e. The molecule has 0 spiro atoms. The zero-order chi connectivity index (χ0) is 32.9. The van der Waals surface area contributed by atoms with Crippen LogP contribution in [0.2, 0.25) is 0 Å². The van der Waals surface area contributed by atoms with Crippen molar-refractivity contribution in [2.45, 2.75) is 82.2 Å². The summed E-state index contributed by atoms with van der Waals surface area (Å²) in [4.78, 5) is 0. The summed E-state index contributed by atoms with van der Waals surface area (Å²) in [6, 6.07) is 0. The van der Waals surface area contributed by atoms with Gasteiger partial charge in [-0.2, -0.15) is 52.7 Å². The van der Waals surface area contributed by atoms with Gasteiger partial charge in [-0.3, -0.25) is 0 Å². The first kappa shape index (κ1) is 38.0. The molecular weight excluding hydrogens is 600 g/mol. The molecule has 3 saturated carbocycles. The Kier molecular flexibility index (Phi) is 12.4. The molecule has 3 fully saturated rings. The molecule has 4 rings (SSSR count). The predicted octanol–water partition coefficient (Wildman–Crippen LogP) is 9.30. The highest BCUT2D eigenvalue weighted by Crippen LogP contribution is 2.64. The summed E-state index contributed by atoms with van der Waals surface area (Å²) in [6.45, 7) is 6.85. The lowest BCUT2D eigenvalue weighted by Gasteiger charge is -2.42. The Morgan fingerprint density at radius 2 is 1.17 bits per heavy atom. The van der Waals surface area contributed by atoms with E-state index in [0.717, 1.165) is 12.5 Å². The number of halogens is 12. The third-order valence-corrected chi connectivity index (χ3v) is 8.56. The van der Waals surface area contributed by atoms with E-state index in [-0.39, 0.29) is 31.1 Å². The molecule has 15 heteroatoms. The molecule has 5 unspecified atom stereocenters. The summed E-state index contributed by atoms with van der Waals surface area (Å²) in [5.41, 5.74) is -9.13. The van der Waals surface area contributed by atoms with Crippen molar-refractivity contribution >= 4 is 0 Å². The van der Waals surface area contributed by atoms with Gasteiger partial charge in [0.15, 0.2) is 5.41 Å². The fourth-order valence-electron chi connectivity index (χ4n) is 6.28. The summed E-state index contributed by atoms with van der Waals surface area (Å²) in [5.74, 6) is -2.69. The van der Waals surface area contributed by atoms with Crippen LogP contribution >= 0.6 is 0 Å². The molecule has 0 aromatic heterocycles. The van der Waals surface area contributed by atoms with E-state index in [1.807, 2.05) is 0 Å². The average molecular weight is 637 g/mol. The van der Waals surface area contributed by atoms with E-state index >= 15 is 0 Å². The number of methoxy groups -OCH3 is 2. The molecule has 0 aliphatic heterocycles. The monoisotopic (exact) mass is 636 g/mol. The van der Waals surface area contributed by atoms with Gasteiger partial charge in [0.2, 0.25) is 0 Å². The van der Waals surface area contributed by atoms with Crippen molar-refractivity contribution in [1.82, 2.24) is 0 Å². The molecule has 0 radical (unpaired) electrons. The van der Waals surface area contributed by atoms with Crippen LogP contribution in [-0.4, -0.2) is 49.6 Å².